The molecule has 1 atom stereocenters. The molecule has 4 heteroatoms. The van der Waals surface area contributed by atoms with Crippen LogP contribution in [0.2, 0.25) is 0 Å². The first-order valence-electron chi connectivity index (χ1n) is 5.08. The number of aliphatic hydroxyl groups is 1. The summed E-state index contributed by atoms with van der Waals surface area (Å²) in [7, 11) is 1.33. The Labute approximate surface area is 95.0 Å². The zero-order valence-electron chi connectivity index (χ0n) is 9.56. The van der Waals surface area contributed by atoms with Crippen LogP contribution in [-0.2, 0) is 10.2 Å². The molecule has 0 aliphatic heterocycles. The molecule has 0 amide bonds. The van der Waals surface area contributed by atoms with Gasteiger partial charge in [-0.2, -0.15) is 0 Å². The van der Waals surface area contributed by atoms with Crippen molar-refractivity contribution in [3.05, 3.63) is 35.4 Å². The van der Waals surface area contributed by atoms with Crippen molar-refractivity contribution < 1.29 is 14.6 Å². The van der Waals surface area contributed by atoms with Crippen LogP contribution < -0.4 is 5.73 Å². The average Bonchev–Trinajstić information content (AvgIpc) is 2.37. The minimum Gasteiger partial charge on any atom is -0.465 e. The number of aliphatic hydroxyl groups excluding tert-OH is 1. The van der Waals surface area contributed by atoms with Gasteiger partial charge in [-0.3, -0.25) is 0 Å². The van der Waals surface area contributed by atoms with Gasteiger partial charge in [-0.15, -0.1) is 0 Å². The summed E-state index contributed by atoms with van der Waals surface area (Å²) in [5.74, 6) is -0.413. The third-order valence-corrected chi connectivity index (χ3v) is 2.78. The summed E-state index contributed by atoms with van der Waals surface area (Å²) in [4.78, 5) is 11.6. The van der Waals surface area contributed by atoms with Crippen LogP contribution in [0.1, 0.15) is 22.8 Å². The van der Waals surface area contributed by atoms with Crippen LogP contribution in [0.15, 0.2) is 24.3 Å². The lowest BCUT2D eigenvalue weighted by Gasteiger charge is -2.27. The lowest BCUT2D eigenvalue weighted by Crippen LogP contribution is -2.37. The van der Waals surface area contributed by atoms with Crippen molar-refractivity contribution in [2.24, 2.45) is 5.73 Å². The molecule has 0 bridgehead atoms. The van der Waals surface area contributed by atoms with Crippen molar-refractivity contribution >= 4 is 5.97 Å². The fourth-order valence-corrected chi connectivity index (χ4v) is 1.56. The molecule has 0 saturated heterocycles. The third kappa shape index (κ3) is 2.23. The largest absolute Gasteiger partial charge is 0.465 e. The second-order valence-corrected chi connectivity index (χ2v) is 3.96. The minimum atomic E-state index is -0.620. The van der Waals surface area contributed by atoms with Crippen LogP contribution in [0, 0.1) is 0 Å². The number of ether oxygens (including phenoxy) is 1. The summed E-state index contributed by atoms with van der Waals surface area (Å²) in [6.07, 6.45) is 0. The van der Waals surface area contributed by atoms with E-state index in [2.05, 4.69) is 0 Å². The van der Waals surface area contributed by atoms with E-state index in [0.717, 1.165) is 0 Å². The molecular formula is C12H17NO3. The standard InChI is InChI=1S/C12H17NO3/c1-12(7-13,8-14)10-6-4-3-5-9(10)11(15)16-2/h3-6,14H,7-8,13H2,1-2H3. The Morgan fingerprint density at radius 3 is 2.62 bits per heavy atom. The van der Waals surface area contributed by atoms with E-state index in [0.29, 0.717) is 11.1 Å². The predicted molar refractivity (Wildman–Crippen MR) is 61.3 cm³/mol. The van der Waals surface area contributed by atoms with Crippen LogP contribution >= 0.6 is 0 Å². The van der Waals surface area contributed by atoms with Gasteiger partial charge in [0.2, 0.25) is 0 Å². The zero-order chi connectivity index (χ0) is 12.2. The SMILES string of the molecule is COC(=O)c1ccccc1C(C)(CN)CO. The van der Waals surface area contributed by atoms with Gasteiger partial charge in [0, 0.05) is 12.0 Å². The molecule has 0 fully saturated rings. The molecule has 88 valence electrons. The van der Waals surface area contributed by atoms with Crippen molar-refractivity contribution in [1.82, 2.24) is 0 Å². The zero-order valence-corrected chi connectivity index (χ0v) is 9.56. The van der Waals surface area contributed by atoms with Gasteiger partial charge in [-0.1, -0.05) is 25.1 Å². The Morgan fingerprint density at radius 2 is 2.12 bits per heavy atom. The van der Waals surface area contributed by atoms with Gasteiger partial charge in [0.25, 0.3) is 0 Å². The molecule has 0 spiro atoms. The minimum absolute atomic E-state index is 0.114. The lowest BCUT2D eigenvalue weighted by atomic mass is 9.80. The summed E-state index contributed by atoms with van der Waals surface area (Å²) in [6.45, 7) is 1.96. The van der Waals surface area contributed by atoms with Gasteiger partial charge < -0.3 is 15.6 Å². The summed E-state index contributed by atoms with van der Waals surface area (Å²) in [5, 5.41) is 9.39. The molecule has 0 saturated carbocycles. The van der Waals surface area contributed by atoms with E-state index >= 15 is 0 Å². The molecule has 0 radical (unpaired) electrons. The highest BCUT2D eigenvalue weighted by Crippen LogP contribution is 2.26. The van der Waals surface area contributed by atoms with Gasteiger partial charge in [0.05, 0.1) is 19.3 Å². The van der Waals surface area contributed by atoms with E-state index in [4.69, 9.17) is 10.5 Å². The molecule has 0 heterocycles. The number of hydrogen-bond donors (Lipinski definition) is 2. The third-order valence-electron chi connectivity index (χ3n) is 2.78. The van der Waals surface area contributed by atoms with E-state index in [1.807, 2.05) is 13.0 Å². The van der Waals surface area contributed by atoms with Crippen LogP contribution in [-0.4, -0.2) is 31.3 Å². The Kier molecular flexibility index (Phi) is 4.04. The summed E-state index contributed by atoms with van der Waals surface area (Å²) < 4.78 is 4.70. The second-order valence-electron chi connectivity index (χ2n) is 3.96. The number of rotatable bonds is 4. The first-order valence-corrected chi connectivity index (χ1v) is 5.08. The molecule has 1 rings (SSSR count). The smallest absolute Gasteiger partial charge is 0.338 e. The first kappa shape index (κ1) is 12.7. The van der Waals surface area contributed by atoms with E-state index in [9.17, 15) is 9.90 Å². The van der Waals surface area contributed by atoms with Gasteiger partial charge in [-0.25, -0.2) is 4.79 Å². The average molecular weight is 223 g/mol. The van der Waals surface area contributed by atoms with E-state index in [1.54, 1.807) is 18.2 Å². The highest BCUT2D eigenvalue weighted by atomic mass is 16.5. The lowest BCUT2D eigenvalue weighted by molar-refractivity contribution is 0.0596. The maximum atomic E-state index is 11.6. The van der Waals surface area contributed by atoms with E-state index in [1.165, 1.54) is 7.11 Å². The highest BCUT2D eigenvalue weighted by molar-refractivity contribution is 5.91. The fraction of sp³-hybridized carbons (Fsp3) is 0.417. The fourth-order valence-electron chi connectivity index (χ4n) is 1.56. The van der Waals surface area contributed by atoms with Crippen molar-refractivity contribution in [1.29, 1.82) is 0 Å². The second kappa shape index (κ2) is 5.09. The van der Waals surface area contributed by atoms with Crippen molar-refractivity contribution in [3.8, 4) is 0 Å². The van der Waals surface area contributed by atoms with Crippen LogP contribution in [0.5, 0.6) is 0 Å². The number of methoxy groups -OCH3 is 1. The van der Waals surface area contributed by atoms with Crippen molar-refractivity contribution in [3.63, 3.8) is 0 Å². The van der Waals surface area contributed by atoms with Gasteiger partial charge in [-0.05, 0) is 11.6 Å². The van der Waals surface area contributed by atoms with E-state index < -0.39 is 11.4 Å². The summed E-state index contributed by atoms with van der Waals surface area (Å²) >= 11 is 0. The normalized spacial score (nSPS) is 14.2. The quantitative estimate of drug-likeness (QED) is 0.736. The Bertz CT molecular complexity index is 372. The first-order chi connectivity index (χ1) is 7.59. The Hall–Kier alpha value is -1.39. The number of benzene rings is 1. The molecule has 4 nitrogen and oxygen atoms in total. The molecular weight excluding hydrogens is 206 g/mol. The Morgan fingerprint density at radius 1 is 1.50 bits per heavy atom. The van der Waals surface area contributed by atoms with Crippen LogP contribution in [0.4, 0.5) is 0 Å². The van der Waals surface area contributed by atoms with Crippen molar-refractivity contribution in [2.45, 2.75) is 12.3 Å². The number of esters is 1. The number of carbonyl (C=O) groups excluding carboxylic acids is 1. The van der Waals surface area contributed by atoms with Gasteiger partial charge in [0.15, 0.2) is 0 Å². The predicted octanol–water partition coefficient (Wildman–Crippen LogP) is 0.682. The molecule has 1 aromatic rings. The molecule has 0 aliphatic rings. The maximum absolute atomic E-state index is 11.6. The topological polar surface area (TPSA) is 72.5 Å². The number of carbonyl (C=O) groups is 1. The molecule has 1 unspecified atom stereocenters. The molecule has 0 aliphatic carbocycles. The van der Waals surface area contributed by atoms with Crippen LogP contribution in [0.3, 0.4) is 0 Å². The number of nitrogens with two attached hydrogens (primary N) is 1. The van der Waals surface area contributed by atoms with Gasteiger partial charge >= 0.3 is 5.97 Å². The maximum Gasteiger partial charge on any atom is 0.338 e. The monoisotopic (exact) mass is 223 g/mol. The molecule has 1 aromatic carbocycles. The molecule has 3 N–H and O–H groups in total. The van der Waals surface area contributed by atoms with Gasteiger partial charge in [0.1, 0.15) is 0 Å². The Balaban J connectivity index is 3.27. The highest BCUT2D eigenvalue weighted by Gasteiger charge is 2.28. The van der Waals surface area contributed by atoms with Crippen LogP contribution in [0.25, 0.3) is 0 Å². The summed E-state index contributed by atoms with van der Waals surface area (Å²) in [6, 6.07) is 7.02. The van der Waals surface area contributed by atoms with Crippen molar-refractivity contribution in [2.75, 3.05) is 20.3 Å². The molecule has 16 heavy (non-hydrogen) atoms. The summed E-state index contributed by atoms with van der Waals surface area (Å²) in [5.41, 5.74) is 6.19. The molecule has 0 aromatic heterocycles. The number of hydrogen-bond acceptors (Lipinski definition) is 4. The van der Waals surface area contributed by atoms with E-state index in [-0.39, 0.29) is 13.2 Å².